The van der Waals surface area contributed by atoms with Crippen LogP contribution in [0.2, 0.25) is 0 Å². The van der Waals surface area contributed by atoms with Gasteiger partial charge in [-0.25, -0.2) is 0 Å². The summed E-state index contributed by atoms with van der Waals surface area (Å²) in [5.41, 5.74) is 0. The van der Waals surface area contributed by atoms with E-state index >= 15 is 0 Å². The number of ether oxygens (including phenoxy) is 1. The van der Waals surface area contributed by atoms with Crippen LogP contribution in [0.4, 0.5) is 0 Å². The summed E-state index contributed by atoms with van der Waals surface area (Å²) in [5, 5.41) is 11.9. The van der Waals surface area contributed by atoms with Gasteiger partial charge >= 0.3 is 0 Å². The van der Waals surface area contributed by atoms with Gasteiger partial charge in [0.15, 0.2) is 0 Å². The molecule has 0 aliphatic carbocycles. The van der Waals surface area contributed by atoms with Crippen LogP contribution in [0.5, 0.6) is 0 Å². The minimum Gasteiger partial charge on any atom is -0.396 e. The lowest BCUT2D eigenvalue weighted by atomic mass is 10.1. The third kappa shape index (κ3) is 3.94. The maximum atomic E-state index is 11.7. The van der Waals surface area contributed by atoms with Crippen molar-refractivity contribution >= 4 is 5.91 Å². The van der Waals surface area contributed by atoms with Crippen LogP contribution in [0, 0.1) is 5.92 Å². The van der Waals surface area contributed by atoms with Gasteiger partial charge in [-0.2, -0.15) is 0 Å². The number of likely N-dealkylation sites (tertiary alicyclic amines) is 1. The van der Waals surface area contributed by atoms with Crippen LogP contribution in [0.3, 0.4) is 0 Å². The molecule has 0 spiro atoms. The van der Waals surface area contributed by atoms with Crippen molar-refractivity contribution in [2.75, 3.05) is 39.4 Å². The van der Waals surface area contributed by atoms with Gasteiger partial charge < -0.3 is 15.2 Å². The molecule has 0 unspecified atom stereocenters. The first-order chi connectivity index (χ1) is 8.28. The Balaban J connectivity index is 1.60. The minimum atomic E-state index is 0.0686. The van der Waals surface area contributed by atoms with E-state index in [4.69, 9.17) is 9.84 Å². The summed E-state index contributed by atoms with van der Waals surface area (Å²) in [7, 11) is 0. The third-order valence-electron chi connectivity index (χ3n) is 3.55. The van der Waals surface area contributed by atoms with Crippen LogP contribution < -0.4 is 5.32 Å². The Kier molecular flexibility index (Phi) is 4.76. The molecule has 0 saturated carbocycles. The molecule has 98 valence electrons. The van der Waals surface area contributed by atoms with Gasteiger partial charge in [-0.3, -0.25) is 9.69 Å². The fourth-order valence-corrected chi connectivity index (χ4v) is 2.50. The molecular formula is C12H22N2O3. The van der Waals surface area contributed by atoms with Crippen molar-refractivity contribution in [2.24, 2.45) is 5.92 Å². The summed E-state index contributed by atoms with van der Waals surface area (Å²) < 4.78 is 5.45. The molecule has 1 amide bonds. The Morgan fingerprint density at radius 3 is 3.00 bits per heavy atom. The molecule has 2 aliphatic rings. The number of nitrogens with one attached hydrogen (secondary N) is 1. The standard InChI is InChI=1S/C12H22N2O3/c15-9-10-3-4-14(7-10)8-12(16)13-6-11-2-1-5-17-11/h10-11,15H,1-9H2,(H,13,16)/t10-,11-/m0/s1. The second kappa shape index (κ2) is 6.33. The monoisotopic (exact) mass is 242 g/mol. The predicted molar refractivity (Wildman–Crippen MR) is 63.6 cm³/mol. The smallest absolute Gasteiger partial charge is 0.234 e. The summed E-state index contributed by atoms with van der Waals surface area (Å²) in [5.74, 6) is 0.417. The predicted octanol–water partition coefficient (Wildman–Crippen LogP) is -0.404. The Morgan fingerprint density at radius 2 is 2.35 bits per heavy atom. The van der Waals surface area contributed by atoms with Gasteiger partial charge in [0.1, 0.15) is 0 Å². The van der Waals surface area contributed by atoms with Crippen LogP contribution >= 0.6 is 0 Å². The highest BCUT2D eigenvalue weighted by Gasteiger charge is 2.23. The quantitative estimate of drug-likeness (QED) is 0.688. The maximum Gasteiger partial charge on any atom is 0.234 e. The SMILES string of the molecule is O=C(CN1CC[C@H](CO)C1)NC[C@@H]1CCCO1. The summed E-state index contributed by atoms with van der Waals surface area (Å²) >= 11 is 0. The minimum absolute atomic E-state index is 0.0686. The van der Waals surface area contributed by atoms with E-state index in [1.54, 1.807) is 0 Å². The van der Waals surface area contributed by atoms with Gasteiger partial charge in [0.25, 0.3) is 0 Å². The van der Waals surface area contributed by atoms with E-state index in [-0.39, 0.29) is 18.6 Å². The van der Waals surface area contributed by atoms with Gasteiger partial charge in [-0.15, -0.1) is 0 Å². The van der Waals surface area contributed by atoms with Gasteiger partial charge in [0.2, 0.25) is 5.91 Å². The molecule has 5 nitrogen and oxygen atoms in total. The van der Waals surface area contributed by atoms with Crippen molar-refractivity contribution in [3.05, 3.63) is 0 Å². The zero-order valence-electron chi connectivity index (χ0n) is 10.2. The van der Waals surface area contributed by atoms with E-state index in [0.29, 0.717) is 19.0 Å². The lowest BCUT2D eigenvalue weighted by molar-refractivity contribution is -0.122. The molecule has 0 aromatic carbocycles. The number of hydrogen-bond donors (Lipinski definition) is 2. The Labute approximate surface area is 102 Å². The highest BCUT2D eigenvalue weighted by molar-refractivity contribution is 5.78. The number of rotatable bonds is 5. The fraction of sp³-hybridized carbons (Fsp3) is 0.917. The first kappa shape index (κ1) is 12.8. The molecule has 2 atom stereocenters. The molecule has 17 heavy (non-hydrogen) atoms. The number of amides is 1. The molecule has 5 heteroatoms. The molecule has 0 radical (unpaired) electrons. The molecule has 2 rings (SSSR count). The van der Waals surface area contributed by atoms with Crippen molar-refractivity contribution in [3.63, 3.8) is 0 Å². The number of aliphatic hydroxyl groups excluding tert-OH is 1. The molecule has 2 heterocycles. The summed E-state index contributed by atoms with van der Waals surface area (Å²) in [6.45, 7) is 3.89. The van der Waals surface area contributed by atoms with E-state index in [0.717, 1.165) is 39.0 Å². The molecule has 0 bridgehead atoms. The van der Waals surface area contributed by atoms with Crippen molar-refractivity contribution in [2.45, 2.75) is 25.4 Å². The van der Waals surface area contributed by atoms with Gasteiger partial charge in [-0.05, 0) is 31.7 Å². The zero-order valence-corrected chi connectivity index (χ0v) is 10.2. The lowest BCUT2D eigenvalue weighted by Crippen LogP contribution is -2.39. The van der Waals surface area contributed by atoms with E-state index in [1.165, 1.54) is 0 Å². The number of hydrogen-bond acceptors (Lipinski definition) is 4. The number of carbonyl (C=O) groups is 1. The molecule has 0 aromatic rings. The number of nitrogens with zero attached hydrogens (tertiary/aromatic N) is 1. The Hall–Kier alpha value is -0.650. The first-order valence-corrected chi connectivity index (χ1v) is 6.49. The van der Waals surface area contributed by atoms with Crippen LogP contribution in [-0.4, -0.2) is 61.4 Å². The number of aliphatic hydroxyl groups is 1. The second-order valence-corrected chi connectivity index (χ2v) is 5.01. The average molecular weight is 242 g/mol. The average Bonchev–Trinajstić information content (AvgIpc) is 2.97. The first-order valence-electron chi connectivity index (χ1n) is 6.49. The molecule has 0 aromatic heterocycles. The molecule has 2 N–H and O–H groups in total. The second-order valence-electron chi connectivity index (χ2n) is 5.01. The molecular weight excluding hydrogens is 220 g/mol. The molecule has 2 fully saturated rings. The van der Waals surface area contributed by atoms with Crippen molar-refractivity contribution in [3.8, 4) is 0 Å². The van der Waals surface area contributed by atoms with Crippen LogP contribution in [-0.2, 0) is 9.53 Å². The highest BCUT2D eigenvalue weighted by atomic mass is 16.5. The number of carbonyl (C=O) groups excluding carboxylic acids is 1. The van der Waals surface area contributed by atoms with E-state index in [9.17, 15) is 4.79 Å². The van der Waals surface area contributed by atoms with E-state index in [2.05, 4.69) is 10.2 Å². The van der Waals surface area contributed by atoms with Crippen LogP contribution in [0.1, 0.15) is 19.3 Å². The summed E-state index contributed by atoms with van der Waals surface area (Å²) in [6, 6.07) is 0. The fourth-order valence-electron chi connectivity index (χ4n) is 2.50. The van der Waals surface area contributed by atoms with Crippen molar-refractivity contribution in [1.82, 2.24) is 10.2 Å². The summed E-state index contributed by atoms with van der Waals surface area (Å²) in [4.78, 5) is 13.8. The third-order valence-corrected chi connectivity index (χ3v) is 3.55. The highest BCUT2D eigenvalue weighted by Crippen LogP contribution is 2.14. The van der Waals surface area contributed by atoms with Gasteiger partial charge in [0.05, 0.1) is 12.6 Å². The van der Waals surface area contributed by atoms with Crippen molar-refractivity contribution < 1.29 is 14.6 Å². The van der Waals surface area contributed by atoms with Crippen LogP contribution in [0.15, 0.2) is 0 Å². The normalized spacial score (nSPS) is 29.7. The van der Waals surface area contributed by atoms with E-state index in [1.807, 2.05) is 0 Å². The molecule has 2 saturated heterocycles. The van der Waals surface area contributed by atoms with Gasteiger partial charge in [-0.1, -0.05) is 0 Å². The lowest BCUT2D eigenvalue weighted by Gasteiger charge is -2.16. The van der Waals surface area contributed by atoms with E-state index < -0.39 is 0 Å². The maximum absolute atomic E-state index is 11.7. The molecule has 2 aliphatic heterocycles. The van der Waals surface area contributed by atoms with Crippen LogP contribution in [0.25, 0.3) is 0 Å². The summed E-state index contributed by atoms with van der Waals surface area (Å²) in [6.07, 6.45) is 3.36. The van der Waals surface area contributed by atoms with Gasteiger partial charge in [0, 0.05) is 26.3 Å². The zero-order chi connectivity index (χ0) is 12.1. The Bertz CT molecular complexity index is 254. The topological polar surface area (TPSA) is 61.8 Å². The largest absolute Gasteiger partial charge is 0.396 e. The van der Waals surface area contributed by atoms with Crippen molar-refractivity contribution in [1.29, 1.82) is 0 Å². The Morgan fingerprint density at radius 1 is 1.47 bits per heavy atom.